The van der Waals surface area contributed by atoms with E-state index in [9.17, 15) is 13.2 Å². The Bertz CT molecular complexity index is 431. The van der Waals surface area contributed by atoms with Gasteiger partial charge >= 0.3 is 6.18 Å². The first-order chi connectivity index (χ1) is 8.38. The smallest absolute Gasteiger partial charge is 0.379 e. The number of hydrogen-bond donors (Lipinski definition) is 1. The minimum Gasteiger partial charge on any atom is -0.379 e. The molecule has 1 saturated heterocycles. The van der Waals surface area contributed by atoms with E-state index in [2.05, 4.69) is 5.32 Å². The third-order valence-electron chi connectivity index (χ3n) is 3.28. The lowest BCUT2D eigenvalue weighted by molar-refractivity contribution is -0.137. The molecule has 0 saturated carbocycles. The van der Waals surface area contributed by atoms with Crippen LogP contribution in [0.25, 0.3) is 0 Å². The van der Waals surface area contributed by atoms with Crippen molar-refractivity contribution in [3.8, 4) is 0 Å². The van der Waals surface area contributed by atoms with E-state index in [0.29, 0.717) is 12.3 Å². The second-order valence-corrected chi connectivity index (χ2v) is 4.64. The predicted octanol–water partition coefficient (Wildman–Crippen LogP) is 3.60. The van der Waals surface area contributed by atoms with Gasteiger partial charge in [0.25, 0.3) is 0 Å². The van der Waals surface area contributed by atoms with Crippen molar-refractivity contribution in [2.45, 2.75) is 38.6 Å². The highest BCUT2D eigenvalue weighted by Gasteiger charge is 2.31. The first kappa shape index (κ1) is 13.2. The van der Waals surface area contributed by atoms with Crippen LogP contribution in [0.2, 0.25) is 0 Å². The fraction of sp³-hybridized carbons (Fsp3) is 0.538. The number of rotatable bonds is 2. The quantitative estimate of drug-likeness (QED) is 0.876. The lowest BCUT2D eigenvalue weighted by atomic mass is 10.1. The third-order valence-corrected chi connectivity index (χ3v) is 3.28. The van der Waals surface area contributed by atoms with Crippen molar-refractivity contribution in [1.82, 2.24) is 0 Å². The molecule has 1 fully saturated rings. The van der Waals surface area contributed by atoms with Crippen LogP contribution in [0.15, 0.2) is 18.2 Å². The van der Waals surface area contributed by atoms with Crippen LogP contribution in [0.5, 0.6) is 0 Å². The molecule has 2 unspecified atom stereocenters. The summed E-state index contributed by atoms with van der Waals surface area (Å²) < 4.78 is 43.3. The standard InChI is InChI=1S/C13H16F3NO/c1-8-3-4-10(13(14,15)16)7-12(8)17-11-5-6-18-9(11)2/h3-4,7,9,11,17H,5-6H2,1-2H3. The molecule has 1 aromatic carbocycles. The topological polar surface area (TPSA) is 21.3 Å². The molecular weight excluding hydrogens is 243 g/mol. The SMILES string of the molecule is Cc1ccc(C(F)(F)F)cc1NC1CCOC1C. The molecule has 0 radical (unpaired) electrons. The Kier molecular flexibility index (Phi) is 3.52. The molecule has 0 aliphatic carbocycles. The molecule has 0 aromatic heterocycles. The van der Waals surface area contributed by atoms with Crippen LogP contribution in [0, 0.1) is 6.92 Å². The van der Waals surface area contributed by atoms with Crippen molar-refractivity contribution >= 4 is 5.69 Å². The molecule has 2 nitrogen and oxygen atoms in total. The van der Waals surface area contributed by atoms with Crippen molar-refractivity contribution < 1.29 is 17.9 Å². The average molecular weight is 259 g/mol. The number of ether oxygens (including phenoxy) is 1. The largest absolute Gasteiger partial charge is 0.416 e. The summed E-state index contributed by atoms with van der Waals surface area (Å²) in [7, 11) is 0. The minimum absolute atomic E-state index is 0.0268. The molecule has 1 aliphatic rings. The summed E-state index contributed by atoms with van der Waals surface area (Å²) in [6, 6.07) is 3.84. The van der Waals surface area contributed by atoms with Crippen LogP contribution in [0.1, 0.15) is 24.5 Å². The Hall–Kier alpha value is -1.23. The van der Waals surface area contributed by atoms with Crippen LogP contribution in [0.4, 0.5) is 18.9 Å². The van der Waals surface area contributed by atoms with E-state index in [1.165, 1.54) is 12.1 Å². The van der Waals surface area contributed by atoms with Crippen molar-refractivity contribution in [3.63, 3.8) is 0 Å². The second-order valence-electron chi connectivity index (χ2n) is 4.64. The number of benzene rings is 1. The summed E-state index contributed by atoms with van der Waals surface area (Å²) in [5.74, 6) is 0. The summed E-state index contributed by atoms with van der Waals surface area (Å²) in [6.45, 7) is 4.37. The maximum absolute atomic E-state index is 12.6. The van der Waals surface area contributed by atoms with Gasteiger partial charge in [0.1, 0.15) is 0 Å². The zero-order valence-corrected chi connectivity index (χ0v) is 10.3. The van der Waals surface area contributed by atoms with Gasteiger partial charge in [0, 0.05) is 12.3 Å². The van der Waals surface area contributed by atoms with Gasteiger partial charge in [-0.15, -0.1) is 0 Å². The van der Waals surface area contributed by atoms with Crippen LogP contribution < -0.4 is 5.32 Å². The fourth-order valence-corrected chi connectivity index (χ4v) is 2.07. The molecule has 1 N–H and O–H groups in total. The van der Waals surface area contributed by atoms with Crippen molar-refractivity contribution in [3.05, 3.63) is 29.3 Å². The lowest BCUT2D eigenvalue weighted by Crippen LogP contribution is -2.27. The maximum Gasteiger partial charge on any atom is 0.416 e. The van der Waals surface area contributed by atoms with Gasteiger partial charge in [-0.05, 0) is 38.0 Å². The number of nitrogens with one attached hydrogen (secondary N) is 1. The summed E-state index contributed by atoms with van der Waals surface area (Å²) in [4.78, 5) is 0. The fourth-order valence-electron chi connectivity index (χ4n) is 2.07. The van der Waals surface area contributed by atoms with E-state index in [1.54, 1.807) is 6.92 Å². The highest BCUT2D eigenvalue weighted by molar-refractivity contribution is 5.54. The number of aryl methyl sites for hydroxylation is 1. The highest BCUT2D eigenvalue weighted by atomic mass is 19.4. The molecule has 0 bridgehead atoms. The average Bonchev–Trinajstić information content (AvgIpc) is 2.66. The van der Waals surface area contributed by atoms with Gasteiger partial charge in [0.15, 0.2) is 0 Å². The summed E-state index contributed by atoms with van der Waals surface area (Å²) in [6.07, 6.45) is -3.46. The first-order valence-corrected chi connectivity index (χ1v) is 5.94. The van der Waals surface area contributed by atoms with Crippen molar-refractivity contribution in [2.24, 2.45) is 0 Å². The molecular formula is C13H16F3NO. The molecule has 100 valence electrons. The zero-order valence-electron chi connectivity index (χ0n) is 10.3. The molecule has 5 heteroatoms. The van der Waals surface area contributed by atoms with Gasteiger partial charge in [-0.1, -0.05) is 6.07 Å². The Labute approximate surface area is 104 Å². The Morgan fingerprint density at radius 1 is 1.33 bits per heavy atom. The number of alkyl halides is 3. The van der Waals surface area contributed by atoms with Crippen molar-refractivity contribution in [1.29, 1.82) is 0 Å². The van der Waals surface area contributed by atoms with Gasteiger partial charge in [-0.2, -0.15) is 13.2 Å². The first-order valence-electron chi connectivity index (χ1n) is 5.94. The van der Waals surface area contributed by atoms with Gasteiger partial charge in [-0.25, -0.2) is 0 Å². The zero-order chi connectivity index (χ0) is 13.3. The molecule has 2 atom stereocenters. The second kappa shape index (κ2) is 4.80. The van der Waals surface area contributed by atoms with Crippen LogP contribution in [-0.2, 0) is 10.9 Å². The molecule has 2 rings (SSSR count). The predicted molar refractivity (Wildman–Crippen MR) is 63.6 cm³/mol. The normalized spacial score (nSPS) is 24.3. The lowest BCUT2D eigenvalue weighted by Gasteiger charge is -2.20. The monoisotopic (exact) mass is 259 g/mol. The van der Waals surface area contributed by atoms with Gasteiger partial charge in [0.05, 0.1) is 17.7 Å². The molecule has 0 amide bonds. The van der Waals surface area contributed by atoms with Crippen LogP contribution >= 0.6 is 0 Å². The Balaban J connectivity index is 2.21. The van der Waals surface area contributed by atoms with E-state index in [-0.39, 0.29) is 12.1 Å². The number of halogens is 3. The van der Waals surface area contributed by atoms with Crippen LogP contribution in [0.3, 0.4) is 0 Å². The molecule has 1 aliphatic heterocycles. The van der Waals surface area contributed by atoms with Gasteiger partial charge in [-0.3, -0.25) is 0 Å². The Morgan fingerprint density at radius 3 is 2.61 bits per heavy atom. The van der Waals surface area contributed by atoms with E-state index >= 15 is 0 Å². The highest BCUT2D eigenvalue weighted by Crippen LogP contribution is 2.32. The van der Waals surface area contributed by atoms with Gasteiger partial charge < -0.3 is 10.1 Å². The van der Waals surface area contributed by atoms with Crippen molar-refractivity contribution in [2.75, 3.05) is 11.9 Å². The molecule has 18 heavy (non-hydrogen) atoms. The number of anilines is 1. The molecule has 0 spiro atoms. The molecule has 1 heterocycles. The maximum atomic E-state index is 12.6. The minimum atomic E-state index is -4.30. The van der Waals surface area contributed by atoms with Crippen LogP contribution in [-0.4, -0.2) is 18.8 Å². The van der Waals surface area contributed by atoms with E-state index < -0.39 is 11.7 Å². The summed E-state index contributed by atoms with van der Waals surface area (Å²) in [5, 5.41) is 3.15. The Morgan fingerprint density at radius 2 is 2.06 bits per heavy atom. The third kappa shape index (κ3) is 2.77. The van der Waals surface area contributed by atoms with E-state index in [4.69, 9.17) is 4.74 Å². The van der Waals surface area contributed by atoms with E-state index in [1.807, 2.05) is 6.92 Å². The summed E-state index contributed by atoms with van der Waals surface area (Å²) >= 11 is 0. The number of hydrogen-bond acceptors (Lipinski definition) is 2. The summed E-state index contributed by atoms with van der Waals surface area (Å²) in [5.41, 5.74) is 0.719. The molecule has 1 aromatic rings. The van der Waals surface area contributed by atoms with E-state index in [0.717, 1.165) is 18.1 Å². The van der Waals surface area contributed by atoms with Gasteiger partial charge in [0.2, 0.25) is 0 Å².